The number of ketones is 1. The van der Waals surface area contributed by atoms with Crippen LogP contribution >= 0.6 is 0 Å². The summed E-state index contributed by atoms with van der Waals surface area (Å²) in [7, 11) is -6.68. The molecule has 0 radical (unpaired) electrons. The molecular formula is C97H139N7O11S2. The molecule has 20 heteroatoms. The molecule has 8 heterocycles. The molecule has 18 aliphatic rings. The zero-order valence-electron chi connectivity index (χ0n) is 73.0. The average molecular weight is 1640 g/mol. The second-order valence-corrected chi connectivity index (χ2v) is 47.6. The number of likely N-dealkylation sites (tertiary alicyclic amines) is 1. The van der Waals surface area contributed by atoms with E-state index in [-0.39, 0.29) is 63.0 Å². The fourth-order valence-corrected chi connectivity index (χ4v) is 32.6. The van der Waals surface area contributed by atoms with Crippen molar-refractivity contribution >= 4 is 31.9 Å². The van der Waals surface area contributed by atoms with Gasteiger partial charge in [0.2, 0.25) is 0 Å². The highest BCUT2D eigenvalue weighted by Gasteiger charge is 2.65. The summed E-state index contributed by atoms with van der Waals surface area (Å²) in [6.45, 7) is 32.1. The maximum Gasteiger partial charge on any atom is 0.410 e. The molecule has 2 aromatic heterocycles. The summed E-state index contributed by atoms with van der Waals surface area (Å²) in [6, 6.07) is 11.0. The van der Waals surface area contributed by atoms with Gasteiger partial charge in [0.15, 0.2) is 5.78 Å². The number of carbonyl (C=O) groups excluding carboxylic acids is 2. The number of aliphatic hydroxyl groups is 1. The molecule has 13 fully saturated rings. The first kappa shape index (κ1) is 81.7. The van der Waals surface area contributed by atoms with Crippen molar-refractivity contribution < 1.29 is 50.5 Å². The van der Waals surface area contributed by atoms with Gasteiger partial charge in [0.25, 0.3) is 20.0 Å². The number of fused-ring (bicyclic) bond motifs is 20. The van der Waals surface area contributed by atoms with Crippen LogP contribution in [0.5, 0.6) is 0 Å². The number of piperidine rings is 3. The first-order chi connectivity index (χ1) is 55.6. The molecule has 0 unspecified atom stereocenters. The van der Waals surface area contributed by atoms with Gasteiger partial charge in [0.05, 0.1) is 71.3 Å². The maximum absolute atomic E-state index is 13.5. The van der Waals surface area contributed by atoms with Crippen molar-refractivity contribution in [2.45, 2.75) is 316 Å². The maximum atomic E-state index is 13.5. The van der Waals surface area contributed by atoms with E-state index in [0.717, 1.165) is 138 Å². The Kier molecular flexibility index (Phi) is 20.7. The van der Waals surface area contributed by atoms with Crippen molar-refractivity contribution in [3.8, 4) is 0 Å². The topological polar surface area (TPSA) is 223 Å². The fraction of sp³-hybridized carbons (Fsp3) is 0.773. The number of nitrogens with zero attached hydrogens (tertiary/aromatic N) is 5. The first-order valence-corrected chi connectivity index (χ1v) is 50.3. The SMILES string of the molecule is CC1=C2C[C@H]3[C@@H](CC[C@@H]4CC(=O)/C(=C\O)C[C@@]43C)[C@@H]2CC[C@@]2(C1)O[C@@H]1C[C@H](C)CN(C(=O)OCc3ccccc3)[C@H]1[C@H]2C.CC1=C2C[C@H]3[C@@H](CC[C@@H]4Cc5nn(S(C)(=O)=O)cc5C[C@@]43C)[C@@H]2CC[C@@]2(C1)O[C@@H]1C[C@H](C)CN[C@H]1[C@H]2C.CC1=C2C[C@H]3[C@@H](CC[C@@H]4Cc5nn(S(C)(=O)=O)cc5C[C@@]43C)[C@@H]2CC[C@@]2(C1)O[C@@H]1C[C@H](C)CN[C@H]1[C@H]2C. The monoisotopic (exact) mass is 1640 g/mol. The lowest BCUT2D eigenvalue weighted by Crippen LogP contribution is -2.54. The molecule has 117 heavy (non-hydrogen) atoms. The Bertz CT molecular complexity index is 4580. The van der Waals surface area contributed by atoms with E-state index in [1.807, 2.05) is 47.6 Å². The minimum absolute atomic E-state index is 0.00435. The third-order valence-electron chi connectivity index (χ3n) is 37.6. The third-order valence-corrected chi connectivity index (χ3v) is 39.3. The number of ether oxygens (including phenoxy) is 4. The van der Waals surface area contributed by atoms with Crippen LogP contribution in [0.1, 0.15) is 259 Å². The van der Waals surface area contributed by atoms with Crippen LogP contribution in [0.3, 0.4) is 0 Å². The van der Waals surface area contributed by atoms with E-state index in [1.54, 1.807) is 27.9 Å². The number of hydrogen-bond acceptors (Lipinski definition) is 15. The molecule has 6 aliphatic heterocycles. The van der Waals surface area contributed by atoms with Crippen LogP contribution in [0.15, 0.2) is 88.0 Å². The van der Waals surface area contributed by atoms with E-state index < -0.39 is 20.0 Å². The van der Waals surface area contributed by atoms with Gasteiger partial charge in [-0.1, -0.05) is 126 Å². The Hall–Kier alpha value is -4.96. The fourth-order valence-electron chi connectivity index (χ4n) is 31.5. The molecule has 3 aromatic rings. The van der Waals surface area contributed by atoms with Gasteiger partial charge in [-0.2, -0.15) is 18.4 Å². The van der Waals surface area contributed by atoms with E-state index in [1.165, 1.54) is 121 Å². The zero-order valence-corrected chi connectivity index (χ0v) is 74.6. The van der Waals surface area contributed by atoms with Crippen molar-refractivity contribution in [2.24, 2.45) is 123 Å². The highest BCUT2D eigenvalue weighted by molar-refractivity contribution is 7.89. The minimum Gasteiger partial charge on any atom is -0.515 e. The van der Waals surface area contributed by atoms with Crippen LogP contribution in [0.2, 0.25) is 0 Å². The van der Waals surface area contributed by atoms with Gasteiger partial charge in [-0.25, -0.2) is 21.6 Å². The predicted octanol–water partition coefficient (Wildman–Crippen LogP) is 17.2. The number of Topliss-reactive ketones (excluding diaryl/α,β-unsaturated/α-hetero) is 1. The summed E-state index contributed by atoms with van der Waals surface area (Å²) in [5.74, 6) is 11.0. The smallest absolute Gasteiger partial charge is 0.410 e. The van der Waals surface area contributed by atoms with Crippen LogP contribution in [0, 0.1) is 123 Å². The number of hydrogen-bond donors (Lipinski definition) is 3. The molecule has 0 bridgehead atoms. The molecule has 21 rings (SSSR count). The lowest BCUT2D eigenvalue weighted by atomic mass is 9.51. The van der Waals surface area contributed by atoms with E-state index >= 15 is 0 Å². The van der Waals surface area contributed by atoms with Crippen LogP contribution < -0.4 is 10.6 Å². The Balaban J connectivity index is 0.000000117. The standard InChI is InChI=1S/C37H49NO5.2C30H45N3O3S/c1-22-14-33-34(38(19-22)35(41)42-21-25-8-6-5-7-9-25)24(3)37(43-33)13-12-28-29-11-10-27-15-32(40)26(20-39)18-36(27,4)31(29)16-30(28)23(2)17-37;2*1-17-10-27-28(31-15-17)19(3)30(36-27)9-8-22-23-7-6-21-11-26-20(16-33(32-26)37(5,34)35)14-29(21,4)25(23)12-24(22)18(2)13-30/h5-9,20,22,24,27-29,31,33-34,39H,10-19,21H2,1-4H3;2*16-17,19,21-23,25,27-28,31H,6-15H2,1-5H3/b26-20-;;/t22-,24+,27+,28-,29-,31-,33+,34-,36-,37-;2*17-,19+,21+,22-,23-,25-,27+,28-,29-,30-/m000/s1. The Morgan fingerprint density at radius 2 is 0.949 bits per heavy atom. The van der Waals surface area contributed by atoms with Crippen molar-refractivity contribution in [2.75, 3.05) is 32.1 Å². The van der Waals surface area contributed by atoms with Gasteiger partial charge < -0.3 is 39.6 Å². The molecule has 12 aliphatic carbocycles. The second-order valence-electron chi connectivity index (χ2n) is 43.9. The van der Waals surface area contributed by atoms with E-state index in [2.05, 4.69) is 104 Å². The van der Waals surface area contributed by atoms with E-state index in [9.17, 15) is 31.5 Å². The Morgan fingerprint density at radius 3 is 1.38 bits per heavy atom. The van der Waals surface area contributed by atoms with Crippen LogP contribution in [0.25, 0.3) is 0 Å². The summed E-state index contributed by atoms with van der Waals surface area (Å²) in [4.78, 5) is 28.2. The summed E-state index contributed by atoms with van der Waals surface area (Å²) in [5.41, 5.74) is 16.2. The van der Waals surface area contributed by atoms with Gasteiger partial charge in [-0.15, -0.1) is 0 Å². The summed E-state index contributed by atoms with van der Waals surface area (Å²) < 4.78 is 78.3. The highest BCUT2D eigenvalue weighted by Crippen LogP contribution is 2.69. The normalized spacial score (nSPS) is 45.7. The average Bonchev–Trinajstić information content (AvgIpc) is 1.57. The van der Waals surface area contributed by atoms with Crippen molar-refractivity contribution in [3.63, 3.8) is 0 Å². The molecule has 6 saturated heterocycles. The number of aromatic nitrogens is 4. The van der Waals surface area contributed by atoms with Crippen molar-refractivity contribution in [3.05, 3.63) is 116 Å². The van der Waals surface area contributed by atoms with Gasteiger partial charge in [0, 0.05) is 60.8 Å². The molecule has 18 nitrogen and oxygen atoms in total. The van der Waals surface area contributed by atoms with E-state index in [0.29, 0.717) is 132 Å². The van der Waals surface area contributed by atoms with E-state index in [4.69, 9.17) is 18.9 Å². The second kappa shape index (κ2) is 29.6. The predicted molar refractivity (Wildman–Crippen MR) is 454 cm³/mol. The summed E-state index contributed by atoms with van der Waals surface area (Å²) in [5, 5.41) is 26.6. The molecule has 1 amide bonds. The Labute approximate surface area is 699 Å². The zero-order chi connectivity index (χ0) is 81.9. The molecule has 640 valence electrons. The molecular weight excluding hydrogens is 1500 g/mol. The minimum atomic E-state index is -3.34. The van der Waals surface area contributed by atoms with Crippen LogP contribution in [-0.2, 0) is 76.1 Å². The number of rotatable bonds is 4. The summed E-state index contributed by atoms with van der Waals surface area (Å²) >= 11 is 0. The number of allylic oxidation sites excluding steroid dienone is 4. The molecule has 30 atom stereocenters. The van der Waals surface area contributed by atoms with Gasteiger partial charge in [-0.05, 0) is 323 Å². The molecule has 3 N–H and O–H groups in total. The van der Waals surface area contributed by atoms with Gasteiger partial charge in [0.1, 0.15) is 6.61 Å². The number of amides is 1. The third kappa shape index (κ3) is 13.6. The molecule has 7 saturated carbocycles. The number of aliphatic hydroxyl groups excluding tert-OH is 1. The quantitative estimate of drug-likeness (QED) is 0.126. The lowest BCUT2D eigenvalue weighted by Gasteiger charge is -2.52. The highest BCUT2D eigenvalue weighted by atomic mass is 32.2. The molecule has 1 aromatic carbocycles. The number of carbonyl (C=O) groups is 2. The van der Waals surface area contributed by atoms with Crippen molar-refractivity contribution in [1.82, 2.24) is 33.9 Å². The summed E-state index contributed by atoms with van der Waals surface area (Å²) in [6.07, 6.45) is 37.5. The Morgan fingerprint density at radius 1 is 0.538 bits per heavy atom. The van der Waals surface area contributed by atoms with Gasteiger partial charge >= 0.3 is 6.09 Å². The number of nitrogens with one attached hydrogen (secondary N) is 2. The largest absolute Gasteiger partial charge is 0.515 e. The van der Waals surface area contributed by atoms with Gasteiger partial charge in [-0.3, -0.25) is 4.79 Å². The van der Waals surface area contributed by atoms with Crippen LogP contribution in [0.4, 0.5) is 4.79 Å². The van der Waals surface area contributed by atoms with Crippen LogP contribution in [-0.4, -0.2) is 142 Å². The number of benzene rings is 1. The molecule has 3 spiro atoms. The first-order valence-electron chi connectivity index (χ1n) is 46.6. The van der Waals surface area contributed by atoms with Crippen molar-refractivity contribution in [1.29, 1.82) is 0 Å². The lowest BCUT2D eigenvalue weighted by molar-refractivity contribution is -0.124.